The van der Waals surface area contributed by atoms with Crippen molar-refractivity contribution in [1.29, 1.82) is 0 Å². The largest absolute Gasteiger partial charge is 0.494 e. The van der Waals surface area contributed by atoms with E-state index < -0.39 is 5.97 Å². The number of rotatable bonds is 23. The Balaban J connectivity index is 1.37. The molecule has 5 heteroatoms. The Bertz CT molecular complexity index is 1310. The first kappa shape index (κ1) is 36.6. The molecule has 0 heterocycles. The average Bonchev–Trinajstić information content (AvgIpc) is 3.07. The summed E-state index contributed by atoms with van der Waals surface area (Å²) in [6.45, 7) is 8.00. The number of esters is 1. The van der Waals surface area contributed by atoms with Crippen molar-refractivity contribution in [2.24, 2.45) is 4.99 Å². The van der Waals surface area contributed by atoms with Gasteiger partial charge in [0, 0.05) is 17.9 Å². The van der Waals surface area contributed by atoms with E-state index >= 15 is 0 Å². The molecule has 0 aliphatic rings. The summed E-state index contributed by atoms with van der Waals surface area (Å²) in [6, 6.07) is 21.1. The highest BCUT2D eigenvalue weighted by atomic mass is 16.5. The van der Waals surface area contributed by atoms with Crippen LogP contribution in [0.4, 0.5) is 5.69 Å². The zero-order chi connectivity index (χ0) is 32.7. The molecular formula is C41H55NO4. The van der Waals surface area contributed by atoms with E-state index in [1.807, 2.05) is 67.7 Å². The summed E-state index contributed by atoms with van der Waals surface area (Å²) in [5.74, 6) is 1.80. The summed E-state index contributed by atoms with van der Waals surface area (Å²) < 4.78 is 17.4. The molecule has 0 saturated carbocycles. The van der Waals surface area contributed by atoms with Crippen molar-refractivity contribution in [3.05, 3.63) is 89.5 Å². The van der Waals surface area contributed by atoms with Crippen LogP contribution in [0.2, 0.25) is 0 Å². The van der Waals surface area contributed by atoms with E-state index in [0.717, 1.165) is 59.9 Å². The number of benzene rings is 3. The number of nitrogens with zero attached hydrogens (tertiary/aromatic N) is 1. The molecule has 46 heavy (non-hydrogen) atoms. The second-order valence-corrected chi connectivity index (χ2v) is 12.0. The molecule has 0 atom stereocenters. The minimum atomic E-state index is -0.426. The first-order valence-electron chi connectivity index (χ1n) is 17.6. The normalized spacial score (nSPS) is 11.4. The van der Waals surface area contributed by atoms with Gasteiger partial charge in [-0.15, -0.1) is 0 Å². The highest BCUT2D eigenvalue weighted by Gasteiger charge is 2.05. The molecule has 0 unspecified atom stereocenters. The number of aliphatic imine (C=N–C) groups is 1. The van der Waals surface area contributed by atoms with Gasteiger partial charge in [0.15, 0.2) is 0 Å². The van der Waals surface area contributed by atoms with Gasteiger partial charge in [0.05, 0.1) is 18.9 Å². The second-order valence-electron chi connectivity index (χ2n) is 12.0. The van der Waals surface area contributed by atoms with Crippen molar-refractivity contribution in [1.82, 2.24) is 0 Å². The fourth-order valence-corrected chi connectivity index (χ4v) is 5.15. The van der Waals surface area contributed by atoms with Crippen molar-refractivity contribution in [3.8, 4) is 17.2 Å². The number of carbonyl (C=O) groups is 1. The fourth-order valence-electron chi connectivity index (χ4n) is 5.15. The van der Waals surface area contributed by atoms with Crippen molar-refractivity contribution in [2.75, 3.05) is 13.2 Å². The zero-order valence-corrected chi connectivity index (χ0v) is 28.5. The van der Waals surface area contributed by atoms with Crippen LogP contribution in [0.25, 0.3) is 6.08 Å². The van der Waals surface area contributed by atoms with Crippen LogP contribution in [-0.4, -0.2) is 25.4 Å². The van der Waals surface area contributed by atoms with E-state index in [-0.39, 0.29) is 0 Å². The Kier molecular flexibility index (Phi) is 18.0. The fraction of sp³-hybridized carbons (Fsp3) is 0.463. The standard InChI is InChI=1S/C41H55NO4/c1-4-6-8-10-12-13-15-16-31-44-37-26-21-35(22-27-37)25-30-41(43)46-38-28-23-36(24-29-38)33-42-39-19-18-20-40(34(39)3)45-32-17-14-11-9-7-5-2/h18-30,33H,4-17,31-32H2,1-3H3/b30-25+,42-33?. The molecule has 5 nitrogen and oxygen atoms in total. The van der Waals surface area contributed by atoms with Gasteiger partial charge < -0.3 is 14.2 Å². The summed E-state index contributed by atoms with van der Waals surface area (Å²) in [6.07, 6.45) is 22.7. The van der Waals surface area contributed by atoms with Crippen molar-refractivity contribution >= 4 is 23.9 Å². The van der Waals surface area contributed by atoms with Crippen LogP contribution in [0, 0.1) is 6.92 Å². The molecule has 0 aliphatic heterocycles. The number of hydrogen-bond donors (Lipinski definition) is 0. The molecule has 0 fully saturated rings. The number of unbranched alkanes of at least 4 members (excludes halogenated alkanes) is 12. The Hall–Kier alpha value is -3.86. The Morgan fingerprint density at radius 1 is 0.630 bits per heavy atom. The minimum Gasteiger partial charge on any atom is -0.494 e. The number of hydrogen-bond acceptors (Lipinski definition) is 5. The van der Waals surface area contributed by atoms with Gasteiger partial charge in [0.2, 0.25) is 0 Å². The summed E-state index contributed by atoms with van der Waals surface area (Å²) in [7, 11) is 0. The van der Waals surface area contributed by atoms with Crippen LogP contribution in [0.1, 0.15) is 120 Å². The van der Waals surface area contributed by atoms with Crippen LogP contribution >= 0.6 is 0 Å². The topological polar surface area (TPSA) is 57.1 Å². The third-order valence-electron chi connectivity index (χ3n) is 8.02. The first-order chi connectivity index (χ1) is 22.6. The molecule has 0 radical (unpaired) electrons. The molecule has 0 spiro atoms. The van der Waals surface area contributed by atoms with Gasteiger partial charge in [-0.1, -0.05) is 109 Å². The molecule has 0 aliphatic carbocycles. The summed E-state index contributed by atoms with van der Waals surface area (Å²) >= 11 is 0. The monoisotopic (exact) mass is 625 g/mol. The molecule has 0 N–H and O–H groups in total. The smallest absolute Gasteiger partial charge is 0.336 e. The van der Waals surface area contributed by atoms with E-state index in [2.05, 4.69) is 18.8 Å². The lowest BCUT2D eigenvalue weighted by Gasteiger charge is -2.10. The van der Waals surface area contributed by atoms with Crippen molar-refractivity contribution in [2.45, 2.75) is 111 Å². The Morgan fingerprint density at radius 3 is 1.80 bits per heavy atom. The van der Waals surface area contributed by atoms with Gasteiger partial charge in [-0.05, 0) is 85.5 Å². The van der Waals surface area contributed by atoms with Crippen LogP contribution in [0.15, 0.2) is 77.8 Å². The molecular weight excluding hydrogens is 570 g/mol. The molecule has 3 rings (SSSR count). The van der Waals surface area contributed by atoms with Crippen LogP contribution in [-0.2, 0) is 4.79 Å². The lowest BCUT2D eigenvalue weighted by Crippen LogP contribution is -2.03. The van der Waals surface area contributed by atoms with Gasteiger partial charge in [-0.25, -0.2) is 4.79 Å². The van der Waals surface area contributed by atoms with Crippen molar-refractivity contribution in [3.63, 3.8) is 0 Å². The molecule has 248 valence electrons. The second kappa shape index (κ2) is 22.6. The molecule has 0 bridgehead atoms. The minimum absolute atomic E-state index is 0.426. The highest BCUT2D eigenvalue weighted by molar-refractivity contribution is 5.89. The average molecular weight is 626 g/mol. The van der Waals surface area contributed by atoms with Crippen LogP contribution < -0.4 is 14.2 Å². The van der Waals surface area contributed by atoms with E-state index in [0.29, 0.717) is 5.75 Å². The van der Waals surface area contributed by atoms with Gasteiger partial charge in [0.1, 0.15) is 17.2 Å². The molecule has 0 amide bonds. The quantitative estimate of drug-likeness (QED) is 0.0346. The summed E-state index contributed by atoms with van der Waals surface area (Å²) in [4.78, 5) is 17.1. The number of carbonyl (C=O) groups excluding carboxylic acids is 1. The van der Waals surface area contributed by atoms with Crippen molar-refractivity contribution < 1.29 is 19.0 Å². The maximum absolute atomic E-state index is 12.4. The molecule has 3 aromatic carbocycles. The third kappa shape index (κ3) is 14.9. The molecule has 0 aromatic heterocycles. The van der Waals surface area contributed by atoms with E-state index in [4.69, 9.17) is 14.2 Å². The SMILES string of the molecule is CCCCCCCCCCOc1ccc(/C=C/C(=O)Oc2ccc(C=Nc3cccc(OCCCCCCCC)c3C)cc2)cc1. The first-order valence-corrected chi connectivity index (χ1v) is 17.6. The van der Waals surface area contributed by atoms with Gasteiger partial charge in [0.25, 0.3) is 0 Å². The van der Waals surface area contributed by atoms with E-state index in [1.54, 1.807) is 18.2 Å². The predicted octanol–water partition coefficient (Wildman–Crippen LogP) is 11.6. The van der Waals surface area contributed by atoms with Crippen LogP contribution in [0.3, 0.4) is 0 Å². The summed E-state index contributed by atoms with van der Waals surface area (Å²) in [5, 5.41) is 0. The third-order valence-corrected chi connectivity index (χ3v) is 8.02. The van der Waals surface area contributed by atoms with Gasteiger partial charge in [-0.3, -0.25) is 4.99 Å². The van der Waals surface area contributed by atoms with Crippen LogP contribution in [0.5, 0.6) is 17.2 Å². The maximum atomic E-state index is 12.4. The highest BCUT2D eigenvalue weighted by Crippen LogP contribution is 2.28. The predicted molar refractivity (Wildman–Crippen MR) is 193 cm³/mol. The molecule has 3 aromatic rings. The zero-order valence-electron chi connectivity index (χ0n) is 28.5. The van der Waals surface area contributed by atoms with Gasteiger partial charge in [-0.2, -0.15) is 0 Å². The van der Waals surface area contributed by atoms with Gasteiger partial charge >= 0.3 is 5.97 Å². The maximum Gasteiger partial charge on any atom is 0.336 e. The number of ether oxygens (including phenoxy) is 3. The van der Waals surface area contributed by atoms with E-state index in [1.165, 1.54) is 83.1 Å². The Morgan fingerprint density at radius 2 is 1.17 bits per heavy atom. The lowest BCUT2D eigenvalue weighted by molar-refractivity contribution is -0.128. The van der Waals surface area contributed by atoms with E-state index in [9.17, 15) is 4.79 Å². The summed E-state index contributed by atoms with van der Waals surface area (Å²) in [5.41, 5.74) is 3.74. The lowest BCUT2D eigenvalue weighted by atomic mass is 10.1. The molecule has 0 saturated heterocycles. The Labute approximate surface area is 278 Å².